The van der Waals surface area contributed by atoms with E-state index in [1.165, 1.54) is 11.9 Å². The number of hydrogen-bond acceptors (Lipinski definition) is 5. The number of likely N-dealkylation sites (tertiary alicyclic amines) is 2. The van der Waals surface area contributed by atoms with Crippen molar-refractivity contribution in [1.29, 1.82) is 0 Å². The summed E-state index contributed by atoms with van der Waals surface area (Å²) in [4.78, 5) is 23.0. The number of hydrogen-bond donors (Lipinski definition) is 1. The molecule has 0 saturated carbocycles. The van der Waals surface area contributed by atoms with E-state index in [9.17, 15) is 18.0 Å². The summed E-state index contributed by atoms with van der Waals surface area (Å²) in [6, 6.07) is 10.7. The average molecular weight is 522 g/mol. The minimum Gasteiger partial charge on any atom is -0.382 e. The first kappa shape index (κ1) is 25.1. The summed E-state index contributed by atoms with van der Waals surface area (Å²) in [6.45, 7) is 6.16. The lowest BCUT2D eigenvalue weighted by Crippen LogP contribution is -2.43. The van der Waals surface area contributed by atoms with Gasteiger partial charge >= 0.3 is 6.18 Å². The summed E-state index contributed by atoms with van der Waals surface area (Å²) in [5.41, 5.74) is 0.735. The van der Waals surface area contributed by atoms with Crippen LogP contribution in [-0.4, -0.2) is 72.5 Å². The van der Waals surface area contributed by atoms with Crippen molar-refractivity contribution in [2.75, 3.05) is 56.0 Å². The van der Waals surface area contributed by atoms with Crippen molar-refractivity contribution < 1.29 is 18.0 Å². The van der Waals surface area contributed by atoms with Crippen molar-refractivity contribution in [3.8, 4) is 0 Å². The second-order valence-corrected chi connectivity index (χ2v) is 10.6. The van der Waals surface area contributed by atoms with E-state index >= 15 is 0 Å². The molecule has 194 valence electrons. The molecule has 1 amide bonds. The summed E-state index contributed by atoms with van der Waals surface area (Å²) in [6.07, 6.45) is -1.35. The topological polar surface area (TPSA) is 51.7 Å². The van der Waals surface area contributed by atoms with Crippen molar-refractivity contribution >= 4 is 28.9 Å². The monoisotopic (exact) mass is 521 g/mol. The fraction of sp³-hybridized carbons (Fsp3) is 0.538. The van der Waals surface area contributed by atoms with Crippen LogP contribution < -0.4 is 10.2 Å². The van der Waals surface area contributed by atoms with E-state index in [0.717, 1.165) is 43.8 Å². The zero-order chi connectivity index (χ0) is 25.3. The number of amides is 1. The highest BCUT2D eigenvalue weighted by Crippen LogP contribution is 2.34. The number of nitrogens with one attached hydrogen (secondary N) is 1. The molecule has 1 aromatic heterocycles. The number of carbonyl (C=O) groups is 1. The number of benzene rings is 1. The zero-order valence-corrected chi connectivity index (χ0v) is 20.8. The lowest BCUT2D eigenvalue weighted by Gasteiger charge is -2.33. The summed E-state index contributed by atoms with van der Waals surface area (Å²) < 4.78 is 38.7. The first-order valence-corrected chi connectivity index (χ1v) is 12.9. The predicted molar refractivity (Wildman–Crippen MR) is 134 cm³/mol. The molecule has 4 heterocycles. The second kappa shape index (κ2) is 10.5. The lowest BCUT2D eigenvalue weighted by molar-refractivity contribution is -0.141. The molecule has 6 nitrogen and oxygen atoms in total. The molecule has 1 N–H and O–H groups in total. The van der Waals surface area contributed by atoms with Crippen molar-refractivity contribution in [1.82, 2.24) is 14.8 Å². The van der Waals surface area contributed by atoms with Crippen LogP contribution in [0, 0.1) is 11.8 Å². The highest BCUT2D eigenvalue weighted by atomic mass is 35.5. The van der Waals surface area contributed by atoms with Crippen LogP contribution >= 0.6 is 11.6 Å². The standard InChI is InChI=1S/C26H31ClF3N5O/c27-20-1-3-23(4-2-20)35-16-18-14-33(15-19(18)17-35)10-8-25(36)34-11-6-21(7-12-34)32-22-5-9-31-24(13-22)26(28,29)30/h1-5,9,13,18-19,21H,6-8,10-12,14-17H2,(H,31,32). The molecule has 0 aliphatic carbocycles. The van der Waals surface area contributed by atoms with E-state index in [1.807, 2.05) is 17.0 Å². The lowest BCUT2D eigenvalue weighted by atomic mass is 10.0. The summed E-state index contributed by atoms with van der Waals surface area (Å²) in [7, 11) is 0. The largest absolute Gasteiger partial charge is 0.433 e. The van der Waals surface area contributed by atoms with E-state index < -0.39 is 11.9 Å². The zero-order valence-electron chi connectivity index (χ0n) is 20.1. The Bertz CT molecular complexity index is 1040. The molecule has 1 aromatic carbocycles. The molecule has 3 aliphatic heterocycles. The third kappa shape index (κ3) is 5.89. The van der Waals surface area contributed by atoms with Crippen LogP contribution in [0.1, 0.15) is 25.0 Å². The van der Waals surface area contributed by atoms with Crippen LogP contribution in [0.2, 0.25) is 5.02 Å². The Kier molecular flexibility index (Phi) is 7.30. The number of nitrogens with zero attached hydrogens (tertiary/aromatic N) is 4. The number of rotatable bonds is 6. The van der Waals surface area contributed by atoms with Crippen LogP contribution in [0.4, 0.5) is 24.5 Å². The fourth-order valence-corrected chi connectivity index (χ4v) is 5.86. The SMILES string of the molecule is O=C(CCN1CC2CN(c3ccc(Cl)cc3)CC2C1)N1CCC(Nc2ccnc(C(F)(F)F)c2)CC1. The molecule has 36 heavy (non-hydrogen) atoms. The first-order valence-electron chi connectivity index (χ1n) is 12.5. The highest BCUT2D eigenvalue weighted by Gasteiger charge is 2.40. The molecule has 0 bridgehead atoms. The molecular formula is C26H31ClF3N5O. The molecule has 3 fully saturated rings. The Morgan fingerprint density at radius 3 is 2.33 bits per heavy atom. The van der Waals surface area contributed by atoms with Crippen LogP contribution in [0.25, 0.3) is 0 Å². The van der Waals surface area contributed by atoms with Gasteiger partial charge in [-0.2, -0.15) is 13.2 Å². The highest BCUT2D eigenvalue weighted by molar-refractivity contribution is 6.30. The number of piperidine rings is 1. The predicted octanol–water partition coefficient (Wildman–Crippen LogP) is 4.62. The number of alkyl halides is 3. The summed E-state index contributed by atoms with van der Waals surface area (Å²) >= 11 is 6.01. The molecule has 3 aliphatic rings. The number of carbonyl (C=O) groups excluding carboxylic acids is 1. The third-order valence-corrected chi connectivity index (χ3v) is 7.92. The Morgan fingerprint density at radius 2 is 1.69 bits per heavy atom. The number of halogens is 4. The van der Waals surface area contributed by atoms with E-state index in [4.69, 9.17) is 11.6 Å². The maximum atomic E-state index is 12.9. The van der Waals surface area contributed by atoms with Crippen molar-refractivity contribution in [2.24, 2.45) is 11.8 Å². The maximum absolute atomic E-state index is 12.9. The Hall–Kier alpha value is -2.52. The molecule has 2 aromatic rings. The fourth-order valence-electron chi connectivity index (χ4n) is 5.73. The van der Waals surface area contributed by atoms with Crippen LogP contribution in [0.15, 0.2) is 42.6 Å². The van der Waals surface area contributed by atoms with Crippen molar-refractivity contribution in [3.63, 3.8) is 0 Å². The molecule has 2 atom stereocenters. The molecule has 0 radical (unpaired) electrons. The quantitative estimate of drug-likeness (QED) is 0.601. The van der Waals surface area contributed by atoms with Crippen LogP contribution in [0.3, 0.4) is 0 Å². The Balaban J connectivity index is 1.03. The second-order valence-electron chi connectivity index (χ2n) is 10.1. The van der Waals surface area contributed by atoms with Gasteiger partial charge in [0.15, 0.2) is 0 Å². The summed E-state index contributed by atoms with van der Waals surface area (Å²) in [5, 5.41) is 3.93. The minimum atomic E-state index is -4.46. The van der Waals surface area contributed by atoms with Gasteiger partial charge < -0.3 is 20.0 Å². The molecule has 3 saturated heterocycles. The van der Waals surface area contributed by atoms with Gasteiger partial charge in [-0.1, -0.05) is 11.6 Å². The molecular weight excluding hydrogens is 491 g/mol. The van der Waals surface area contributed by atoms with E-state index in [-0.39, 0.29) is 11.9 Å². The third-order valence-electron chi connectivity index (χ3n) is 7.66. The number of fused-ring (bicyclic) bond motifs is 1. The first-order chi connectivity index (χ1) is 17.2. The number of anilines is 2. The van der Waals surface area contributed by atoms with Crippen LogP contribution in [0.5, 0.6) is 0 Å². The molecule has 0 spiro atoms. The minimum absolute atomic E-state index is 0.0408. The van der Waals surface area contributed by atoms with Gasteiger partial charge in [0.2, 0.25) is 5.91 Å². The Labute approximate surface area is 214 Å². The van der Waals surface area contributed by atoms with Crippen molar-refractivity contribution in [2.45, 2.75) is 31.5 Å². The van der Waals surface area contributed by atoms with Gasteiger partial charge in [-0.3, -0.25) is 9.78 Å². The van der Waals surface area contributed by atoms with E-state index in [2.05, 4.69) is 32.2 Å². The van der Waals surface area contributed by atoms with Gasteiger partial charge in [-0.05, 0) is 61.1 Å². The Morgan fingerprint density at radius 1 is 1.03 bits per heavy atom. The smallest absolute Gasteiger partial charge is 0.382 e. The molecule has 10 heteroatoms. The van der Waals surface area contributed by atoms with E-state index in [1.54, 1.807) is 6.07 Å². The number of pyridine rings is 1. The van der Waals surface area contributed by atoms with Gasteiger partial charge in [0.25, 0.3) is 0 Å². The molecule has 5 rings (SSSR count). The average Bonchev–Trinajstić information content (AvgIpc) is 3.42. The van der Waals surface area contributed by atoms with E-state index in [0.29, 0.717) is 49.9 Å². The normalized spacial score (nSPS) is 23.2. The van der Waals surface area contributed by atoms with Gasteiger partial charge in [-0.25, -0.2) is 0 Å². The van der Waals surface area contributed by atoms with Crippen LogP contribution in [-0.2, 0) is 11.0 Å². The van der Waals surface area contributed by atoms with Gasteiger partial charge in [0.1, 0.15) is 5.69 Å². The molecule has 2 unspecified atom stereocenters. The van der Waals surface area contributed by atoms with Gasteiger partial charge in [0.05, 0.1) is 0 Å². The van der Waals surface area contributed by atoms with Gasteiger partial charge in [-0.15, -0.1) is 0 Å². The summed E-state index contributed by atoms with van der Waals surface area (Å²) in [5.74, 6) is 1.42. The van der Waals surface area contributed by atoms with Crippen molar-refractivity contribution in [3.05, 3.63) is 53.3 Å². The maximum Gasteiger partial charge on any atom is 0.433 e. The number of aromatic nitrogens is 1. The van der Waals surface area contributed by atoms with Gasteiger partial charge in [0, 0.05) is 80.9 Å².